The molecule has 32 heavy (non-hydrogen) atoms. The molecule has 0 bridgehead atoms. The monoisotopic (exact) mass is 472 g/mol. The lowest BCUT2D eigenvalue weighted by Gasteiger charge is -2.39. The van der Waals surface area contributed by atoms with Crippen LogP contribution in [0.4, 0.5) is 11.4 Å². The minimum atomic E-state index is -2.74. The fourth-order valence-electron chi connectivity index (χ4n) is 3.84. The van der Waals surface area contributed by atoms with Crippen molar-refractivity contribution >= 4 is 41.5 Å². The third kappa shape index (κ3) is 4.89. The average molecular weight is 473 g/mol. The van der Waals surface area contributed by atoms with Crippen LogP contribution in [0.2, 0.25) is 0 Å². The van der Waals surface area contributed by atoms with Gasteiger partial charge in [0.15, 0.2) is 0 Å². The van der Waals surface area contributed by atoms with Crippen LogP contribution in [0.15, 0.2) is 72.6 Å². The standard InChI is InChI=1S/C24H29N2O4PS/c1-4-29-23(27)18-22(24(28)30-5-2)19(3)31(32)25(20-12-8-6-9-13-20)16-17-26(31)21-14-10-7-11-15-21/h6-15,22H,3-5,16-18H2,1-2H3. The Morgan fingerprint density at radius 3 is 1.84 bits per heavy atom. The van der Waals surface area contributed by atoms with Crippen LogP contribution in [0.1, 0.15) is 20.3 Å². The van der Waals surface area contributed by atoms with Gasteiger partial charge in [-0.25, -0.2) is 0 Å². The highest BCUT2D eigenvalue weighted by Crippen LogP contribution is 2.67. The van der Waals surface area contributed by atoms with Gasteiger partial charge in [0.05, 0.1) is 25.6 Å². The molecule has 1 heterocycles. The molecule has 1 unspecified atom stereocenters. The van der Waals surface area contributed by atoms with Gasteiger partial charge < -0.3 is 18.8 Å². The minimum Gasteiger partial charge on any atom is -0.466 e. The first-order valence-corrected chi connectivity index (χ1v) is 13.4. The van der Waals surface area contributed by atoms with Crippen molar-refractivity contribution in [2.24, 2.45) is 5.92 Å². The van der Waals surface area contributed by atoms with Crippen molar-refractivity contribution in [2.45, 2.75) is 20.3 Å². The Labute approximate surface area is 194 Å². The molecule has 1 fully saturated rings. The van der Waals surface area contributed by atoms with Crippen molar-refractivity contribution in [1.82, 2.24) is 0 Å². The fourth-order valence-corrected chi connectivity index (χ4v) is 8.38. The minimum absolute atomic E-state index is 0.144. The molecule has 170 valence electrons. The van der Waals surface area contributed by atoms with E-state index in [1.54, 1.807) is 13.8 Å². The molecule has 8 heteroatoms. The van der Waals surface area contributed by atoms with Crippen LogP contribution in [0.25, 0.3) is 0 Å². The summed E-state index contributed by atoms with van der Waals surface area (Å²) in [6, 6.07) is 19.8. The number of rotatable bonds is 9. The van der Waals surface area contributed by atoms with E-state index in [0.717, 1.165) is 11.4 Å². The quantitative estimate of drug-likeness (QED) is 0.377. The predicted octanol–water partition coefficient (Wildman–Crippen LogP) is 4.97. The smallest absolute Gasteiger partial charge is 0.314 e. The number of carbonyl (C=O) groups excluding carboxylic acids is 2. The van der Waals surface area contributed by atoms with E-state index in [1.165, 1.54) is 0 Å². The van der Waals surface area contributed by atoms with Crippen molar-refractivity contribution in [3.05, 3.63) is 72.6 Å². The van der Waals surface area contributed by atoms with Gasteiger partial charge in [0.1, 0.15) is 6.34 Å². The number of hydrogen-bond donors (Lipinski definition) is 0. The first-order valence-electron chi connectivity index (χ1n) is 10.7. The maximum Gasteiger partial charge on any atom is 0.314 e. The molecule has 0 radical (unpaired) electrons. The SMILES string of the molecule is C=C(C(CC(=O)OCC)C(=O)OCC)P1(=S)N(c2ccccc2)CCN1c1ccccc1. The molecule has 0 amide bonds. The molecule has 2 aromatic carbocycles. The number of para-hydroxylation sites is 2. The van der Waals surface area contributed by atoms with Crippen LogP contribution in [0.3, 0.4) is 0 Å². The Morgan fingerprint density at radius 2 is 1.41 bits per heavy atom. The summed E-state index contributed by atoms with van der Waals surface area (Å²) in [4.78, 5) is 25.3. The number of hydrogen-bond acceptors (Lipinski definition) is 5. The highest BCUT2D eigenvalue weighted by molar-refractivity contribution is 8.18. The van der Waals surface area contributed by atoms with E-state index in [-0.39, 0.29) is 19.6 Å². The highest BCUT2D eigenvalue weighted by atomic mass is 32.4. The van der Waals surface area contributed by atoms with Gasteiger partial charge in [0.25, 0.3) is 0 Å². The Kier molecular flexibility index (Phi) is 8.10. The molecule has 0 aliphatic carbocycles. The maximum atomic E-state index is 13.0. The lowest BCUT2D eigenvalue weighted by molar-refractivity contribution is -0.153. The zero-order valence-electron chi connectivity index (χ0n) is 18.5. The molecule has 3 rings (SSSR count). The van der Waals surface area contributed by atoms with Crippen LogP contribution < -0.4 is 9.34 Å². The summed E-state index contributed by atoms with van der Waals surface area (Å²) in [5, 5.41) is 0.532. The molecule has 2 aromatic rings. The van der Waals surface area contributed by atoms with E-state index in [0.29, 0.717) is 18.4 Å². The summed E-state index contributed by atoms with van der Waals surface area (Å²) in [6.07, 6.45) is -2.88. The van der Waals surface area contributed by atoms with Crippen molar-refractivity contribution in [2.75, 3.05) is 35.6 Å². The molecular formula is C24H29N2O4PS. The summed E-state index contributed by atoms with van der Waals surface area (Å²) in [6.45, 7) is 9.62. The Bertz CT molecular complexity index is 948. The number of carbonyl (C=O) groups is 2. The third-order valence-corrected chi connectivity index (χ3v) is 10.4. The topological polar surface area (TPSA) is 59.1 Å². The maximum absolute atomic E-state index is 13.0. The van der Waals surface area contributed by atoms with E-state index >= 15 is 0 Å². The normalized spacial score (nSPS) is 15.8. The van der Waals surface area contributed by atoms with E-state index in [2.05, 4.69) is 15.9 Å². The fraction of sp³-hybridized carbons (Fsp3) is 0.333. The van der Waals surface area contributed by atoms with Gasteiger partial charge in [0, 0.05) is 29.8 Å². The molecular weight excluding hydrogens is 443 g/mol. The predicted molar refractivity (Wildman–Crippen MR) is 132 cm³/mol. The second-order valence-electron chi connectivity index (χ2n) is 7.27. The molecule has 0 spiro atoms. The van der Waals surface area contributed by atoms with Crippen molar-refractivity contribution in [1.29, 1.82) is 0 Å². The lowest BCUT2D eigenvalue weighted by atomic mass is 10.1. The van der Waals surface area contributed by atoms with Gasteiger partial charge in [-0.3, -0.25) is 9.59 Å². The third-order valence-electron chi connectivity index (χ3n) is 5.31. The van der Waals surface area contributed by atoms with Crippen LogP contribution in [0, 0.1) is 5.92 Å². The summed E-state index contributed by atoms with van der Waals surface area (Å²) in [5.41, 5.74) is 1.93. The number of benzene rings is 2. The van der Waals surface area contributed by atoms with E-state index in [1.807, 2.05) is 60.7 Å². The second-order valence-corrected chi connectivity index (χ2v) is 11.4. The first-order chi connectivity index (χ1) is 15.4. The molecule has 1 aliphatic heterocycles. The summed E-state index contributed by atoms with van der Waals surface area (Å²) < 4.78 is 14.8. The average Bonchev–Trinajstić information content (AvgIpc) is 3.16. The van der Waals surface area contributed by atoms with Gasteiger partial charge in [-0.1, -0.05) is 43.0 Å². The zero-order chi connectivity index (χ0) is 23.1. The Balaban J connectivity index is 2.08. The molecule has 1 atom stereocenters. The highest BCUT2D eigenvalue weighted by Gasteiger charge is 2.46. The van der Waals surface area contributed by atoms with Crippen molar-refractivity contribution < 1.29 is 19.1 Å². The number of anilines is 2. The van der Waals surface area contributed by atoms with Crippen LogP contribution in [-0.4, -0.2) is 38.2 Å². The van der Waals surface area contributed by atoms with Gasteiger partial charge in [-0.15, -0.1) is 0 Å². The van der Waals surface area contributed by atoms with E-state index in [4.69, 9.17) is 21.3 Å². The Morgan fingerprint density at radius 1 is 0.938 bits per heavy atom. The molecule has 1 aliphatic rings. The van der Waals surface area contributed by atoms with Crippen LogP contribution in [0.5, 0.6) is 0 Å². The van der Waals surface area contributed by atoms with Gasteiger partial charge in [0.2, 0.25) is 0 Å². The summed E-state index contributed by atoms with van der Waals surface area (Å²) >= 11 is 6.40. The molecule has 0 N–H and O–H groups in total. The number of esters is 2. The zero-order valence-corrected chi connectivity index (χ0v) is 20.2. The van der Waals surface area contributed by atoms with E-state index < -0.39 is 24.2 Å². The molecule has 1 saturated heterocycles. The molecule has 0 aromatic heterocycles. The van der Waals surface area contributed by atoms with E-state index in [9.17, 15) is 9.59 Å². The Hall–Kier alpha value is -2.63. The van der Waals surface area contributed by atoms with Crippen LogP contribution in [-0.2, 0) is 30.9 Å². The molecule has 6 nitrogen and oxygen atoms in total. The summed E-state index contributed by atoms with van der Waals surface area (Å²) in [5.74, 6) is -1.84. The molecule has 0 saturated carbocycles. The first kappa shape index (κ1) is 24.0. The lowest BCUT2D eigenvalue weighted by Crippen LogP contribution is -2.29. The van der Waals surface area contributed by atoms with Gasteiger partial charge in [-0.05, 0) is 49.9 Å². The van der Waals surface area contributed by atoms with Crippen molar-refractivity contribution in [3.8, 4) is 0 Å². The van der Waals surface area contributed by atoms with Crippen LogP contribution >= 0.6 is 6.34 Å². The van der Waals surface area contributed by atoms with Crippen molar-refractivity contribution in [3.63, 3.8) is 0 Å². The second kappa shape index (κ2) is 10.8. The van der Waals surface area contributed by atoms with Gasteiger partial charge >= 0.3 is 11.9 Å². The van der Waals surface area contributed by atoms with Gasteiger partial charge in [-0.2, -0.15) is 0 Å². The number of ether oxygens (including phenoxy) is 2. The largest absolute Gasteiger partial charge is 0.466 e. The number of nitrogens with zero attached hydrogens (tertiary/aromatic N) is 2. The summed E-state index contributed by atoms with van der Waals surface area (Å²) in [7, 11) is 0.